The van der Waals surface area contributed by atoms with E-state index in [1.807, 2.05) is 45.0 Å². The van der Waals surface area contributed by atoms with Gasteiger partial charge in [0, 0.05) is 12.6 Å². The normalized spacial score (nSPS) is 14.5. The second kappa shape index (κ2) is 14.6. The second-order valence-corrected chi connectivity index (χ2v) is 13.1. The number of methoxy groups -OCH3 is 1. The van der Waals surface area contributed by atoms with Gasteiger partial charge in [-0.05, 0) is 62.9 Å². The summed E-state index contributed by atoms with van der Waals surface area (Å²) in [5.41, 5.74) is 3.09. The Hall–Kier alpha value is -3.85. The molecule has 1 fully saturated rings. The Balaban J connectivity index is 1.73. The highest BCUT2D eigenvalue weighted by atomic mass is 32.2. The lowest BCUT2D eigenvalue weighted by Crippen LogP contribution is -2.54. The van der Waals surface area contributed by atoms with Gasteiger partial charge in [0.15, 0.2) is 0 Å². The minimum absolute atomic E-state index is 0.0592. The number of aryl methyl sites for hydroxylation is 2. The Morgan fingerprint density at radius 2 is 1.51 bits per heavy atom. The fourth-order valence-electron chi connectivity index (χ4n) is 5.54. The second-order valence-electron chi connectivity index (χ2n) is 11.3. The van der Waals surface area contributed by atoms with E-state index < -0.39 is 28.5 Å². The van der Waals surface area contributed by atoms with Gasteiger partial charge in [0.25, 0.3) is 10.0 Å². The number of amides is 2. The Morgan fingerprint density at radius 1 is 0.907 bits per heavy atom. The molecule has 43 heavy (non-hydrogen) atoms. The van der Waals surface area contributed by atoms with Crippen molar-refractivity contribution < 1.29 is 22.7 Å². The third kappa shape index (κ3) is 7.96. The zero-order chi connectivity index (χ0) is 31.0. The van der Waals surface area contributed by atoms with E-state index in [4.69, 9.17) is 4.74 Å². The van der Waals surface area contributed by atoms with Gasteiger partial charge in [-0.25, -0.2) is 8.42 Å². The first-order chi connectivity index (χ1) is 20.6. The minimum Gasteiger partial charge on any atom is -0.495 e. The number of hydrogen-bond acceptors (Lipinski definition) is 5. The lowest BCUT2D eigenvalue weighted by molar-refractivity contribution is -0.140. The molecule has 4 rings (SSSR count). The van der Waals surface area contributed by atoms with Crippen LogP contribution in [0.5, 0.6) is 5.75 Å². The van der Waals surface area contributed by atoms with Crippen molar-refractivity contribution >= 4 is 27.5 Å². The van der Waals surface area contributed by atoms with Crippen molar-refractivity contribution in [3.8, 4) is 5.75 Å². The van der Waals surface area contributed by atoms with E-state index in [9.17, 15) is 18.0 Å². The number of nitrogens with zero attached hydrogens (tertiary/aromatic N) is 2. The molecule has 8 nitrogen and oxygen atoms in total. The summed E-state index contributed by atoms with van der Waals surface area (Å²) in [6.45, 7) is 5.40. The first-order valence-corrected chi connectivity index (χ1v) is 16.5. The Bertz CT molecular complexity index is 1480. The van der Waals surface area contributed by atoms with Gasteiger partial charge >= 0.3 is 0 Å². The van der Waals surface area contributed by atoms with Gasteiger partial charge in [0.05, 0.1) is 17.7 Å². The molecule has 0 bridgehead atoms. The number of sulfonamides is 1. The van der Waals surface area contributed by atoms with Crippen LogP contribution in [0.15, 0.2) is 77.7 Å². The smallest absolute Gasteiger partial charge is 0.264 e. The van der Waals surface area contributed by atoms with Crippen molar-refractivity contribution in [3.63, 3.8) is 0 Å². The first kappa shape index (κ1) is 32.1. The molecular weight excluding hydrogens is 562 g/mol. The number of carbonyl (C=O) groups excluding carboxylic acids is 2. The van der Waals surface area contributed by atoms with Crippen LogP contribution in [0.25, 0.3) is 0 Å². The summed E-state index contributed by atoms with van der Waals surface area (Å²) < 4.78 is 34.9. The number of benzene rings is 3. The van der Waals surface area contributed by atoms with Gasteiger partial charge in [-0.3, -0.25) is 13.9 Å². The molecule has 0 unspecified atom stereocenters. The molecular formula is C34H43N3O5S. The van der Waals surface area contributed by atoms with Crippen molar-refractivity contribution in [2.75, 3.05) is 18.0 Å². The van der Waals surface area contributed by atoms with Gasteiger partial charge in [-0.2, -0.15) is 0 Å². The van der Waals surface area contributed by atoms with Crippen LogP contribution in [0.4, 0.5) is 5.69 Å². The van der Waals surface area contributed by atoms with Crippen molar-refractivity contribution in [2.24, 2.45) is 0 Å². The van der Waals surface area contributed by atoms with Crippen molar-refractivity contribution in [2.45, 2.75) is 82.8 Å². The SMILES string of the molecule is CC[C@H](C(=O)NC1CCCCC1)N(Cc1ccc(C)cc1)C(=O)CN(c1ccccc1OC)S(=O)(=O)c1ccc(C)cc1. The molecule has 0 spiro atoms. The summed E-state index contributed by atoms with van der Waals surface area (Å²) in [7, 11) is -2.72. The Kier molecular flexibility index (Phi) is 10.9. The Morgan fingerprint density at radius 3 is 2.12 bits per heavy atom. The molecule has 1 aliphatic rings. The summed E-state index contributed by atoms with van der Waals surface area (Å²) in [6.07, 6.45) is 5.53. The Labute approximate surface area is 256 Å². The number of hydrogen-bond donors (Lipinski definition) is 1. The number of para-hydroxylation sites is 2. The van der Waals surface area contributed by atoms with Crippen LogP contribution in [0.1, 0.15) is 62.1 Å². The van der Waals surface area contributed by atoms with Gasteiger partial charge in [-0.1, -0.05) is 85.8 Å². The molecule has 0 radical (unpaired) electrons. The van der Waals surface area contributed by atoms with E-state index in [0.29, 0.717) is 12.2 Å². The van der Waals surface area contributed by atoms with Crippen LogP contribution < -0.4 is 14.4 Å². The zero-order valence-electron chi connectivity index (χ0n) is 25.6. The molecule has 3 aromatic carbocycles. The van der Waals surface area contributed by atoms with E-state index in [1.54, 1.807) is 36.4 Å². The van der Waals surface area contributed by atoms with Crippen molar-refractivity contribution in [1.29, 1.82) is 0 Å². The van der Waals surface area contributed by atoms with Crippen LogP contribution in [-0.2, 0) is 26.2 Å². The van der Waals surface area contributed by atoms with E-state index in [0.717, 1.165) is 53.1 Å². The number of nitrogens with one attached hydrogen (secondary N) is 1. The zero-order valence-corrected chi connectivity index (χ0v) is 26.4. The summed E-state index contributed by atoms with van der Waals surface area (Å²) >= 11 is 0. The molecule has 0 heterocycles. The van der Waals surface area contributed by atoms with Gasteiger partial charge in [-0.15, -0.1) is 0 Å². The molecule has 0 aromatic heterocycles. The molecule has 2 amide bonds. The standard InChI is InChI=1S/C34H43N3O5S/c1-5-30(34(39)35-28-11-7-6-8-12-28)36(23-27-19-15-25(2)16-20-27)33(38)24-37(31-13-9-10-14-32(31)42-4)43(40,41)29-21-17-26(3)18-22-29/h9-10,13-22,28,30H,5-8,11-12,23-24H2,1-4H3,(H,35,39)/t30-/m1/s1. The topological polar surface area (TPSA) is 96.0 Å². The monoisotopic (exact) mass is 605 g/mol. The molecule has 1 N–H and O–H groups in total. The summed E-state index contributed by atoms with van der Waals surface area (Å²) in [5, 5.41) is 3.18. The molecule has 3 aromatic rings. The van der Waals surface area contributed by atoms with E-state index in [2.05, 4.69) is 5.32 Å². The van der Waals surface area contributed by atoms with E-state index in [-0.39, 0.29) is 29.1 Å². The fraction of sp³-hybridized carbons (Fsp3) is 0.412. The van der Waals surface area contributed by atoms with Gasteiger partial charge < -0.3 is 15.0 Å². The predicted molar refractivity (Wildman–Crippen MR) is 170 cm³/mol. The highest BCUT2D eigenvalue weighted by Crippen LogP contribution is 2.33. The molecule has 0 saturated heterocycles. The van der Waals surface area contributed by atoms with E-state index in [1.165, 1.54) is 24.1 Å². The summed E-state index contributed by atoms with van der Waals surface area (Å²) in [5.74, 6) is -0.369. The third-order valence-electron chi connectivity index (χ3n) is 8.05. The average Bonchev–Trinajstić information content (AvgIpc) is 3.01. The van der Waals surface area contributed by atoms with Crippen molar-refractivity contribution in [3.05, 3.63) is 89.5 Å². The van der Waals surface area contributed by atoms with E-state index >= 15 is 0 Å². The van der Waals surface area contributed by atoms with Crippen LogP contribution in [-0.4, -0.2) is 50.9 Å². The van der Waals surface area contributed by atoms with Crippen molar-refractivity contribution in [1.82, 2.24) is 10.2 Å². The maximum absolute atomic E-state index is 14.3. The number of anilines is 1. The maximum atomic E-state index is 14.3. The molecule has 0 aliphatic heterocycles. The van der Waals surface area contributed by atoms with Gasteiger partial charge in [0.1, 0.15) is 18.3 Å². The van der Waals surface area contributed by atoms with Gasteiger partial charge in [0.2, 0.25) is 11.8 Å². The van der Waals surface area contributed by atoms with Crippen LogP contribution in [0, 0.1) is 13.8 Å². The molecule has 1 aliphatic carbocycles. The molecule has 1 atom stereocenters. The van der Waals surface area contributed by atoms with Crippen LogP contribution >= 0.6 is 0 Å². The number of rotatable bonds is 12. The largest absolute Gasteiger partial charge is 0.495 e. The highest BCUT2D eigenvalue weighted by molar-refractivity contribution is 7.92. The average molecular weight is 606 g/mol. The fourth-order valence-corrected chi connectivity index (χ4v) is 6.97. The maximum Gasteiger partial charge on any atom is 0.264 e. The van der Waals surface area contributed by atoms with Crippen LogP contribution in [0.3, 0.4) is 0 Å². The number of carbonyl (C=O) groups is 2. The third-order valence-corrected chi connectivity index (χ3v) is 9.83. The molecule has 1 saturated carbocycles. The quantitative estimate of drug-likeness (QED) is 0.283. The summed E-state index contributed by atoms with van der Waals surface area (Å²) in [4.78, 5) is 29.6. The first-order valence-electron chi connectivity index (χ1n) is 15.0. The number of ether oxygens (including phenoxy) is 1. The van der Waals surface area contributed by atoms with Crippen LogP contribution in [0.2, 0.25) is 0 Å². The molecule has 230 valence electrons. The highest BCUT2D eigenvalue weighted by Gasteiger charge is 2.35. The predicted octanol–water partition coefficient (Wildman–Crippen LogP) is 5.76. The minimum atomic E-state index is -4.18. The molecule has 9 heteroatoms. The summed E-state index contributed by atoms with van der Waals surface area (Å²) in [6, 6.07) is 20.4. The lowest BCUT2D eigenvalue weighted by Gasteiger charge is -2.34. The lowest BCUT2D eigenvalue weighted by atomic mass is 9.95.